The van der Waals surface area contributed by atoms with Gasteiger partial charge < -0.3 is 39.6 Å². The van der Waals surface area contributed by atoms with E-state index < -0.39 is 12.1 Å². The van der Waals surface area contributed by atoms with Crippen molar-refractivity contribution in [3.8, 4) is 39.9 Å². The Balaban J connectivity index is 1.54. The van der Waals surface area contributed by atoms with Crippen LogP contribution in [0.2, 0.25) is 0 Å². The van der Waals surface area contributed by atoms with Gasteiger partial charge in [0.1, 0.15) is 6.04 Å². The van der Waals surface area contributed by atoms with E-state index in [1.807, 2.05) is 30.5 Å². The zero-order chi connectivity index (χ0) is 35.2. The number of amides is 2. The van der Waals surface area contributed by atoms with Crippen molar-refractivity contribution in [1.29, 1.82) is 0 Å². The second-order valence-electron chi connectivity index (χ2n) is 12.1. The van der Waals surface area contributed by atoms with E-state index in [0.717, 1.165) is 35.1 Å². The molecule has 0 heterocycles. The Bertz CT molecular complexity index is 1780. The van der Waals surface area contributed by atoms with E-state index in [9.17, 15) is 14.4 Å². The fourth-order valence-corrected chi connectivity index (χ4v) is 7.35. The highest BCUT2D eigenvalue weighted by Crippen LogP contribution is 2.50. The van der Waals surface area contributed by atoms with E-state index in [-0.39, 0.29) is 29.0 Å². The number of carbonyl (C=O) groups is 2. The third kappa shape index (κ3) is 7.39. The molecule has 1 unspecified atom stereocenters. The summed E-state index contributed by atoms with van der Waals surface area (Å²) in [6.07, 6.45) is 5.16. The van der Waals surface area contributed by atoms with Crippen LogP contribution >= 0.6 is 11.8 Å². The number of nitrogens with one attached hydrogen (secondary N) is 3. The van der Waals surface area contributed by atoms with Gasteiger partial charge in [-0.1, -0.05) is 6.07 Å². The van der Waals surface area contributed by atoms with Crippen LogP contribution in [0.4, 0.5) is 5.69 Å². The van der Waals surface area contributed by atoms with Gasteiger partial charge in [0.25, 0.3) is 0 Å². The van der Waals surface area contributed by atoms with Crippen LogP contribution in [-0.4, -0.2) is 65.4 Å². The van der Waals surface area contributed by atoms with Crippen LogP contribution in [0.25, 0.3) is 11.1 Å². The number of rotatable bonds is 13. The second-order valence-corrected chi connectivity index (χ2v) is 13.1. The van der Waals surface area contributed by atoms with Crippen molar-refractivity contribution < 1.29 is 33.3 Å². The lowest BCUT2D eigenvalue weighted by Gasteiger charge is -2.22. The summed E-state index contributed by atoms with van der Waals surface area (Å²) in [6.45, 7) is 1.46. The molecule has 0 fully saturated rings. The summed E-state index contributed by atoms with van der Waals surface area (Å²) >= 11 is 1.63. The van der Waals surface area contributed by atoms with Crippen LogP contribution in [0.15, 0.2) is 41.2 Å². The maximum Gasteiger partial charge on any atom is 0.243 e. The van der Waals surface area contributed by atoms with Gasteiger partial charge in [-0.05, 0) is 102 Å². The predicted molar refractivity (Wildman–Crippen MR) is 192 cm³/mol. The number of hydrogen-bond acceptors (Lipinski definition) is 10. The molecule has 0 saturated carbocycles. The van der Waals surface area contributed by atoms with Gasteiger partial charge in [-0.3, -0.25) is 14.4 Å². The van der Waals surface area contributed by atoms with E-state index in [4.69, 9.17) is 23.7 Å². The molecule has 3 N–H and O–H groups in total. The first-order valence-electron chi connectivity index (χ1n) is 16.3. The molecule has 0 bridgehead atoms. The Labute approximate surface area is 291 Å². The number of carbonyl (C=O) groups excluding carboxylic acids is 2. The van der Waals surface area contributed by atoms with Crippen molar-refractivity contribution in [3.63, 3.8) is 0 Å². The molecule has 0 spiro atoms. The van der Waals surface area contributed by atoms with Gasteiger partial charge in [0.05, 0.1) is 53.3 Å². The fraction of sp³-hybridized carbons (Fsp3) is 0.432. The van der Waals surface area contributed by atoms with Crippen LogP contribution in [0.5, 0.6) is 28.7 Å². The number of fused-ring (bicyclic) bond motifs is 4. The van der Waals surface area contributed by atoms with Crippen LogP contribution in [0.3, 0.4) is 0 Å². The molecule has 2 aliphatic carbocycles. The van der Waals surface area contributed by atoms with Crippen LogP contribution in [0, 0.1) is 0 Å². The number of methoxy groups -OCH3 is 5. The number of aryl methyl sites for hydroxylation is 2. The molecular weight excluding hydrogens is 646 g/mol. The van der Waals surface area contributed by atoms with Gasteiger partial charge in [-0.2, -0.15) is 11.8 Å². The molecule has 3 aromatic rings. The Hall–Kier alpha value is -4.58. The molecule has 0 saturated heterocycles. The quantitative estimate of drug-likeness (QED) is 0.219. The second kappa shape index (κ2) is 15.8. The summed E-state index contributed by atoms with van der Waals surface area (Å²) in [5.41, 5.74) is 5.13. The van der Waals surface area contributed by atoms with Gasteiger partial charge in [0, 0.05) is 12.5 Å². The van der Waals surface area contributed by atoms with Crippen molar-refractivity contribution in [3.05, 3.63) is 68.9 Å². The van der Waals surface area contributed by atoms with Crippen LogP contribution < -0.4 is 45.1 Å². The average molecular weight is 692 g/mol. The first-order valence-corrected chi connectivity index (χ1v) is 17.6. The summed E-state index contributed by atoms with van der Waals surface area (Å²) in [7, 11) is 7.88. The van der Waals surface area contributed by atoms with Crippen molar-refractivity contribution in [2.24, 2.45) is 0 Å². The fourth-order valence-electron chi connectivity index (χ4n) is 6.87. The van der Waals surface area contributed by atoms with Crippen molar-refractivity contribution in [2.75, 3.05) is 52.9 Å². The lowest BCUT2D eigenvalue weighted by molar-refractivity contribution is -0.122. The summed E-state index contributed by atoms with van der Waals surface area (Å²) in [5.74, 6) is 2.99. The molecular formula is C37H45N3O8S. The van der Waals surface area contributed by atoms with Gasteiger partial charge in [-0.25, -0.2) is 0 Å². The highest BCUT2D eigenvalue weighted by atomic mass is 32.2. The van der Waals surface area contributed by atoms with E-state index in [2.05, 4.69) is 16.0 Å². The normalized spacial score (nSPS) is 16.6. The molecule has 49 heavy (non-hydrogen) atoms. The zero-order valence-electron chi connectivity index (χ0n) is 29.1. The lowest BCUT2D eigenvalue weighted by atomic mass is 9.95. The highest BCUT2D eigenvalue weighted by Gasteiger charge is 2.31. The summed E-state index contributed by atoms with van der Waals surface area (Å²) in [5, 5.41) is 9.54. The molecule has 0 aliphatic heterocycles. The van der Waals surface area contributed by atoms with E-state index in [1.54, 1.807) is 59.4 Å². The standard InChI is InChI=1S/C37H45N3O8S/c1-20(41)38-27-12-9-22-17-33(46-4)35(47-5)36(48-6)34(22)23-10-13-28(30(42)18-25(23)27)39-29(14-15-49-7)37(43)40-26-11-8-21-16-31(44-2)32(45-3)19-24(21)26/h10,13,16-19,26-27,29H,8-9,11-12,14-15H2,1-7H3,(H,38,41)(H,39,42)(H,40,43)/t26?,27-,29-/m0/s1. The Morgan fingerprint density at radius 1 is 0.796 bits per heavy atom. The minimum Gasteiger partial charge on any atom is -0.493 e. The number of thioether (sulfide) groups is 1. The van der Waals surface area contributed by atoms with Crippen molar-refractivity contribution in [1.82, 2.24) is 10.6 Å². The molecule has 2 amide bonds. The number of benzene rings is 2. The molecule has 12 heteroatoms. The summed E-state index contributed by atoms with van der Waals surface area (Å²) in [4.78, 5) is 40.2. The highest BCUT2D eigenvalue weighted by molar-refractivity contribution is 7.98. The van der Waals surface area contributed by atoms with E-state index in [0.29, 0.717) is 64.9 Å². The Morgan fingerprint density at radius 3 is 2.06 bits per heavy atom. The molecule has 262 valence electrons. The summed E-state index contributed by atoms with van der Waals surface area (Å²) in [6, 6.07) is 9.60. The SMILES string of the molecule is COc1cc2c(cc1OC)C(NC(=O)[C@H](CCSC)Nc1ccc3c(cc1=O)[C@@H](NC(C)=O)CCc1cc(OC)c(OC)c(OC)c1-3)CC2. The van der Waals surface area contributed by atoms with Crippen molar-refractivity contribution in [2.45, 2.75) is 57.2 Å². The van der Waals surface area contributed by atoms with Gasteiger partial charge in [-0.15, -0.1) is 0 Å². The van der Waals surface area contributed by atoms with Gasteiger partial charge in [0.15, 0.2) is 23.0 Å². The maximum atomic E-state index is 14.0. The molecule has 2 aliphatic rings. The minimum absolute atomic E-state index is 0.200. The monoisotopic (exact) mass is 691 g/mol. The number of hydrogen-bond donors (Lipinski definition) is 3. The number of anilines is 1. The van der Waals surface area contributed by atoms with Crippen LogP contribution in [0.1, 0.15) is 60.5 Å². The third-order valence-electron chi connectivity index (χ3n) is 9.21. The van der Waals surface area contributed by atoms with Gasteiger partial charge >= 0.3 is 0 Å². The van der Waals surface area contributed by atoms with Crippen LogP contribution in [-0.2, 0) is 22.4 Å². The smallest absolute Gasteiger partial charge is 0.243 e. The number of ether oxygens (including phenoxy) is 5. The van der Waals surface area contributed by atoms with E-state index in [1.165, 1.54) is 6.92 Å². The first-order chi connectivity index (χ1) is 23.7. The average Bonchev–Trinajstić information content (AvgIpc) is 3.33. The molecule has 3 aromatic carbocycles. The van der Waals surface area contributed by atoms with E-state index >= 15 is 0 Å². The minimum atomic E-state index is -0.677. The predicted octanol–water partition coefficient (Wildman–Crippen LogP) is 5.22. The molecule has 3 atom stereocenters. The van der Waals surface area contributed by atoms with Crippen molar-refractivity contribution >= 4 is 29.3 Å². The topological polar surface area (TPSA) is 133 Å². The first kappa shape index (κ1) is 35.7. The Kier molecular flexibility index (Phi) is 11.5. The van der Waals surface area contributed by atoms with Gasteiger partial charge in [0.2, 0.25) is 23.0 Å². The maximum absolute atomic E-state index is 14.0. The molecule has 11 nitrogen and oxygen atoms in total. The Morgan fingerprint density at radius 2 is 1.43 bits per heavy atom. The third-order valence-corrected chi connectivity index (χ3v) is 9.86. The lowest BCUT2D eigenvalue weighted by Crippen LogP contribution is -2.42. The zero-order valence-corrected chi connectivity index (χ0v) is 29.9. The summed E-state index contributed by atoms with van der Waals surface area (Å²) < 4.78 is 28.2. The molecule has 0 radical (unpaired) electrons. The molecule has 0 aromatic heterocycles. The largest absolute Gasteiger partial charge is 0.493 e. The molecule has 5 rings (SSSR count).